The van der Waals surface area contributed by atoms with E-state index in [-0.39, 0.29) is 11.4 Å². The third-order valence-corrected chi connectivity index (χ3v) is 2.62. The number of tetrazole rings is 1. The predicted octanol–water partition coefficient (Wildman–Crippen LogP) is 0.784. The summed E-state index contributed by atoms with van der Waals surface area (Å²) in [6.45, 7) is 0. The number of hydrogen-bond acceptors (Lipinski definition) is 5. The predicted molar refractivity (Wildman–Crippen MR) is 65.7 cm³/mol. The molecule has 0 radical (unpaired) electrons. The maximum atomic E-state index is 13.9. The number of aromatic nitrogens is 6. The minimum atomic E-state index is -0.480. The van der Waals surface area contributed by atoms with E-state index in [1.54, 1.807) is 30.1 Å². The average Bonchev–Trinajstić information content (AvgIpc) is 2.97. The van der Waals surface area contributed by atoms with E-state index < -0.39 is 5.82 Å². The van der Waals surface area contributed by atoms with Gasteiger partial charge in [-0.1, -0.05) is 0 Å². The molecule has 0 atom stereocenters. The van der Waals surface area contributed by atoms with Crippen molar-refractivity contribution in [2.75, 3.05) is 5.73 Å². The van der Waals surface area contributed by atoms with Gasteiger partial charge in [0.05, 0.1) is 5.56 Å². The molecule has 0 saturated carbocycles. The van der Waals surface area contributed by atoms with E-state index in [2.05, 4.69) is 20.6 Å². The first-order valence-electron chi connectivity index (χ1n) is 5.49. The number of hydrogen-bond donors (Lipinski definition) is 1. The SMILES string of the molecule is Cn1ccc(-n2nnnc2-c2ccc(N)cc2F)n1. The molecule has 0 aliphatic carbocycles. The van der Waals surface area contributed by atoms with Crippen LogP contribution in [0.3, 0.4) is 0 Å². The second-order valence-electron chi connectivity index (χ2n) is 4.00. The number of nitrogen functional groups attached to an aromatic ring is 1. The lowest BCUT2D eigenvalue weighted by molar-refractivity contribution is 0.629. The lowest BCUT2D eigenvalue weighted by Crippen LogP contribution is -2.03. The molecule has 0 aliphatic rings. The molecule has 2 N–H and O–H groups in total. The second-order valence-corrected chi connectivity index (χ2v) is 4.00. The molecular weight excluding hydrogens is 249 g/mol. The van der Waals surface area contributed by atoms with E-state index in [1.165, 1.54) is 16.8 Å². The number of nitrogens with zero attached hydrogens (tertiary/aromatic N) is 6. The first-order valence-corrected chi connectivity index (χ1v) is 5.49. The Morgan fingerprint density at radius 1 is 1.26 bits per heavy atom. The lowest BCUT2D eigenvalue weighted by Gasteiger charge is -2.03. The van der Waals surface area contributed by atoms with Crippen LogP contribution in [-0.2, 0) is 7.05 Å². The minimum absolute atomic E-state index is 0.268. The second kappa shape index (κ2) is 4.16. The van der Waals surface area contributed by atoms with Gasteiger partial charge < -0.3 is 5.73 Å². The van der Waals surface area contributed by atoms with Crippen LogP contribution in [0.15, 0.2) is 30.5 Å². The number of halogens is 1. The summed E-state index contributed by atoms with van der Waals surface area (Å²) >= 11 is 0. The fourth-order valence-corrected chi connectivity index (χ4v) is 1.74. The third-order valence-electron chi connectivity index (χ3n) is 2.62. The van der Waals surface area contributed by atoms with Gasteiger partial charge in [0.25, 0.3) is 0 Å². The summed E-state index contributed by atoms with van der Waals surface area (Å²) in [5.41, 5.74) is 6.13. The van der Waals surface area contributed by atoms with Gasteiger partial charge in [0.1, 0.15) is 5.82 Å². The normalized spacial score (nSPS) is 10.8. The standard InChI is InChI=1S/C11H10FN7/c1-18-5-4-10(15-18)19-11(14-16-17-19)8-3-2-7(13)6-9(8)12/h2-6H,13H2,1H3. The molecule has 19 heavy (non-hydrogen) atoms. The Morgan fingerprint density at radius 3 is 2.79 bits per heavy atom. The summed E-state index contributed by atoms with van der Waals surface area (Å²) in [5.74, 6) is 0.307. The summed E-state index contributed by atoms with van der Waals surface area (Å²) in [7, 11) is 1.78. The number of anilines is 1. The Hall–Kier alpha value is -2.77. The highest BCUT2D eigenvalue weighted by atomic mass is 19.1. The van der Waals surface area contributed by atoms with Gasteiger partial charge in [0.2, 0.25) is 0 Å². The molecule has 3 aromatic rings. The molecule has 8 heteroatoms. The molecule has 0 aliphatic heterocycles. The highest BCUT2D eigenvalue weighted by Gasteiger charge is 2.16. The molecule has 3 rings (SSSR count). The lowest BCUT2D eigenvalue weighted by atomic mass is 10.2. The van der Waals surface area contributed by atoms with Gasteiger partial charge in [0.15, 0.2) is 11.6 Å². The Kier molecular flexibility index (Phi) is 2.48. The van der Waals surface area contributed by atoms with E-state index in [4.69, 9.17) is 5.73 Å². The molecule has 0 fully saturated rings. The molecule has 0 bridgehead atoms. The largest absolute Gasteiger partial charge is 0.399 e. The maximum absolute atomic E-state index is 13.9. The molecule has 7 nitrogen and oxygen atoms in total. The Labute approximate surface area is 107 Å². The van der Waals surface area contributed by atoms with Gasteiger partial charge in [-0.3, -0.25) is 4.68 Å². The topological polar surface area (TPSA) is 87.4 Å². The highest BCUT2D eigenvalue weighted by molar-refractivity contribution is 5.60. The van der Waals surface area contributed by atoms with Crippen molar-refractivity contribution >= 4 is 5.69 Å². The molecule has 0 amide bonds. The van der Waals surface area contributed by atoms with Crippen LogP contribution in [0.5, 0.6) is 0 Å². The van der Waals surface area contributed by atoms with Gasteiger partial charge in [0, 0.05) is 25.0 Å². The van der Waals surface area contributed by atoms with Crippen molar-refractivity contribution in [1.82, 2.24) is 30.0 Å². The first kappa shape index (κ1) is 11.3. The molecule has 96 valence electrons. The zero-order chi connectivity index (χ0) is 13.4. The van der Waals surface area contributed by atoms with E-state index in [0.29, 0.717) is 11.5 Å². The molecule has 0 saturated heterocycles. The maximum Gasteiger partial charge on any atom is 0.191 e. The zero-order valence-corrected chi connectivity index (χ0v) is 10.0. The highest BCUT2D eigenvalue weighted by Crippen LogP contribution is 2.23. The van der Waals surface area contributed by atoms with E-state index >= 15 is 0 Å². The van der Waals surface area contributed by atoms with Crippen LogP contribution < -0.4 is 5.73 Å². The fourth-order valence-electron chi connectivity index (χ4n) is 1.74. The zero-order valence-electron chi connectivity index (χ0n) is 10.0. The Morgan fingerprint density at radius 2 is 2.11 bits per heavy atom. The van der Waals surface area contributed by atoms with Crippen molar-refractivity contribution in [2.24, 2.45) is 7.05 Å². The van der Waals surface area contributed by atoms with Gasteiger partial charge in [-0.15, -0.1) is 5.10 Å². The molecule has 2 aromatic heterocycles. The van der Waals surface area contributed by atoms with Crippen molar-refractivity contribution in [2.45, 2.75) is 0 Å². The van der Waals surface area contributed by atoms with E-state index in [0.717, 1.165) is 0 Å². The van der Waals surface area contributed by atoms with Gasteiger partial charge >= 0.3 is 0 Å². The van der Waals surface area contributed by atoms with Crippen molar-refractivity contribution in [3.63, 3.8) is 0 Å². The molecule has 1 aromatic carbocycles. The Balaban J connectivity index is 2.14. The van der Waals surface area contributed by atoms with Crippen LogP contribution in [-0.4, -0.2) is 30.0 Å². The van der Waals surface area contributed by atoms with Crippen molar-refractivity contribution in [1.29, 1.82) is 0 Å². The number of benzene rings is 1. The van der Waals surface area contributed by atoms with Gasteiger partial charge in [-0.05, 0) is 28.6 Å². The van der Waals surface area contributed by atoms with Crippen molar-refractivity contribution in [3.8, 4) is 17.2 Å². The molecule has 2 heterocycles. The first-order chi connectivity index (χ1) is 9.15. The summed E-state index contributed by atoms with van der Waals surface area (Å²) < 4.78 is 16.9. The summed E-state index contributed by atoms with van der Waals surface area (Å²) in [6, 6.07) is 6.09. The summed E-state index contributed by atoms with van der Waals surface area (Å²) in [5, 5.41) is 15.4. The number of nitrogens with two attached hydrogens (primary N) is 1. The van der Waals surface area contributed by atoms with Crippen LogP contribution in [0.25, 0.3) is 17.2 Å². The van der Waals surface area contributed by atoms with E-state index in [9.17, 15) is 4.39 Å². The van der Waals surface area contributed by atoms with Crippen LogP contribution in [0.4, 0.5) is 10.1 Å². The molecule has 0 unspecified atom stereocenters. The van der Waals surface area contributed by atoms with Crippen molar-refractivity contribution in [3.05, 3.63) is 36.3 Å². The number of rotatable bonds is 2. The average molecular weight is 259 g/mol. The van der Waals surface area contributed by atoms with Crippen LogP contribution in [0, 0.1) is 5.82 Å². The van der Waals surface area contributed by atoms with Gasteiger partial charge in [-0.2, -0.15) is 9.78 Å². The fraction of sp³-hybridized carbons (Fsp3) is 0.0909. The van der Waals surface area contributed by atoms with E-state index in [1.807, 2.05) is 0 Å². The summed E-state index contributed by atoms with van der Waals surface area (Å²) in [6.07, 6.45) is 1.75. The van der Waals surface area contributed by atoms with Crippen LogP contribution >= 0.6 is 0 Å². The molecule has 0 spiro atoms. The Bertz CT molecular complexity index is 730. The molecular formula is C11H10FN7. The monoisotopic (exact) mass is 259 g/mol. The van der Waals surface area contributed by atoms with Crippen LogP contribution in [0.1, 0.15) is 0 Å². The van der Waals surface area contributed by atoms with Crippen LogP contribution in [0.2, 0.25) is 0 Å². The van der Waals surface area contributed by atoms with Gasteiger partial charge in [-0.25, -0.2) is 4.39 Å². The third kappa shape index (κ3) is 1.92. The van der Waals surface area contributed by atoms with Crippen molar-refractivity contribution < 1.29 is 4.39 Å². The number of aryl methyl sites for hydroxylation is 1. The minimum Gasteiger partial charge on any atom is -0.399 e. The summed E-state index contributed by atoms with van der Waals surface area (Å²) in [4.78, 5) is 0. The smallest absolute Gasteiger partial charge is 0.191 e. The quantitative estimate of drug-likeness (QED) is 0.687.